The fourth-order valence-corrected chi connectivity index (χ4v) is 4.63. The number of carbonyl (C=O) groups is 1. The van der Waals surface area contributed by atoms with Crippen LogP contribution in [0.5, 0.6) is 0 Å². The number of nitrogens with zero attached hydrogens (tertiary/aromatic N) is 3. The predicted octanol–water partition coefficient (Wildman–Crippen LogP) is 0.965. The van der Waals surface area contributed by atoms with Crippen molar-refractivity contribution in [3.8, 4) is 0 Å². The summed E-state index contributed by atoms with van der Waals surface area (Å²) in [5, 5.41) is 7.30. The minimum atomic E-state index is -2.98. The average Bonchev–Trinajstić information content (AvgIpc) is 2.97. The zero-order chi connectivity index (χ0) is 17.2. The highest BCUT2D eigenvalue weighted by Gasteiger charge is 2.32. The molecule has 1 fully saturated rings. The highest BCUT2D eigenvalue weighted by molar-refractivity contribution is 7.91. The molecule has 0 bridgehead atoms. The number of nitrogens with one attached hydrogen (secondary N) is 1. The third-order valence-electron chi connectivity index (χ3n) is 4.27. The van der Waals surface area contributed by atoms with Crippen molar-refractivity contribution in [2.75, 3.05) is 25.1 Å². The molecular weight excluding hydrogens is 316 g/mol. The molecule has 1 aliphatic rings. The topological polar surface area (TPSA) is 84.3 Å². The number of sulfone groups is 1. The monoisotopic (exact) mass is 342 g/mol. The number of hydrogen-bond acceptors (Lipinski definition) is 4. The minimum absolute atomic E-state index is 0.0677. The summed E-state index contributed by atoms with van der Waals surface area (Å²) < 4.78 is 25.0. The molecule has 0 radical (unpaired) electrons. The van der Waals surface area contributed by atoms with E-state index in [0.29, 0.717) is 13.0 Å². The molecule has 23 heavy (non-hydrogen) atoms. The largest absolute Gasteiger partial charge is 0.338 e. The molecule has 2 unspecified atom stereocenters. The number of carbonyl (C=O) groups excluding carboxylic acids is 1. The second kappa shape index (κ2) is 6.90. The zero-order valence-electron chi connectivity index (χ0n) is 14.2. The van der Waals surface area contributed by atoms with Crippen molar-refractivity contribution < 1.29 is 13.2 Å². The summed E-state index contributed by atoms with van der Waals surface area (Å²) in [5.41, 5.74) is 2.09. The summed E-state index contributed by atoms with van der Waals surface area (Å²) in [7, 11) is -1.32. The van der Waals surface area contributed by atoms with Crippen LogP contribution in [0.25, 0.3) is 0 Å². The molecule has 1 saturated heterocycles. The van der Waals surface area contributed by atoms with Crippen molar-refractivity contribution in [3.05, 3.63) is 17.5 Å². The second-order valence-corrected chi connectivity index (χ2v) is 8.80. The van der Waals surface area contributed by atoms with Gasteiger partial charge >= 0.3 is 6.03 Å². The molecule has 1 aromatic rings. The number of rotatable bonds is 5. The van der Waals surface area contributed by atoms with E-state index >= 15 is 0 Å². The van der Waals surface area contributed by atoms with Crippen LogP contribution in [0.4, 0.5) is 4.79 Å². The van der Waals surface area contributed by atoms with Crippen molar-refractivity contribution >= 4 is 15.9 Å². The van der Waals surface area contributed by atoms with Gasteiger partial charge in [0.15, 0.2) is 9.84 Å². The summed E-state index contributed by atoms with van der Waals surface area (Å²) in [6.07, 6.45) is 0.521. The van der Waals surface area contributed by atoms with Gasteiger partial charge in [-0.05, 0) is 32.3 Å². The summed E-state index contributed by atoms with van der Waals surface area (Å²) in [6.45, 7) is 7.29. The van der Waals surface area contributed by atoms with Crippen LogP contribution < -0.4 is 5.32 Å². The number of aryl methyl sites for hydroxylation is 2. The lowest BCUT2D eigenvalue weighted by atomic mass is 10.2. The van der Waals surface area contributed by atoms with Crippen molar-refractivity contribution in [1.29, 1.82) is 0 Å². The molecule has 7 nitrogen and oxygen atoms in total. The summed E-state index contributed by atoms with van der Waals surface area (Å²) >= 11 is 0. The number of aromatic nitrogens is 2. The Morgan fingerprint density at radius 3 is 2.74 bits per heavy atom. The molecule has 0 saturated carbocycles. The van der Waals surface area contributed by atoms with Crippen LogP contribution >= 0.6 is 0 Å². The van der Waals surface area contributed by atoms with E-state index in [1.165, 1.54) is 4.90 Å². The first-order valence-electron chi connectivity index (χ1n) is 7.90. The molecule has 2 heterocycles. The van der Waals surface area contributed by atoms with E-state index < -0.39 is 9.84 Å². The van der Waals surface area contributed by atoms with Crippen LogP contribution in [0.15, 0.2) is 6.07 Å². The van der Waals surface area contributed by atoms with E-state index in [9.17, 15) is 13.2 Å². The van der Waals surface area contributed by atoms with Crippen LogP contribution in [0, 0.1) is 19.8 Å². The van der Waals surface area contributed by atoms with Gasteiger partial charge in [-0.3, -0.25) is 4.68 Å². The van der Waals surface area contributed by atoms with Crippen LogP contribution in [-0.2, 0) is 16.4 Å². The van der Waals surface area contributed by atoms with E-state index in [4.69, 9.17) is 0 Å². The molecular formula is C15H26N4O3S. The Bertz CT molecular complexity index is 668. The average molecular weight is 342 g/mol. The smallest absolute Gasteiger partial charge is 0.317 e. The van der Waals surface area contributed by atoms with Crippen LogP contribution in [0.3, 0.4) is 0 Å². The molecule has 2 amide bonds. The van der Waals surface area contributed by atoms with Gasteiger partial charge in [-0.15, -0.1) is 0 Å². The lowest BCUT2D eigenvalue weighted by Crippen LogP contribution is -2.45. The van der Waals surface area contributed by atoms with Gasteiger partial charge < -0.3 is 10.2 Å². The lowest BCUT2D eigenvalue weighted by Gasteiger charge is -2.24. The summed E-state index contributed by atoms with van der Waals surface area (Å²) in [4.78, 5) is 13.7. The maximum Gasteiger partial charge on any atom is 0.317 e. The second-order valence-electron chi connectivity index (χ2n) is 6.57. The third kappa shape index (κ3) is 4.70. The fourth-order valence-electron chi connectivity index (χ4n) is 2.85. The molecule has 2 rings (SSSR count). The fraction of sp³-hybridized carbons (Fsp3) is 0.733. The van der Waals surface area contributed by atoms with Gasteiger partial charge in [0.25, 0.3) is 0 Å². The first kappa shape index (κ1) is 17.8. The van der Waals surface area contributed by atoms with E-state index in [1.54, 1.807) is 7.05 Å². The zero-order valence-corrected chi connectivity index (χ0v) is 15.1. The highest BCUT2D eigenvalue weighted by Crippen LogP contribution is 2.16. The molecule has 0 aliphatic carbocycles. The first-order valence-corrected chi connectivity index (χ1v) is 9.72. The van der Waals surface area contributed by atoms with E-state index in [1.807, 2.05) is 24.6 Å². The highest BCUT2D eigenvalue weighted by atomic mass is 32.2. The van der Waals surface area contributed by atoms with Crippen LogP contribution in [0.1, 0.15) is 24.7 Å². The van der Waals surface area contributed by atoms with E-state index in [0.717, 1.165) is 17.9 Å². The molecule has 1 aliphatic heterocycles. The molecule has 1 aromatic heterocycles. The van der Waals surface area contributed by atoms with Crippen LogP contribution in [-0.4, -0.2) is 60.3 Å². The standard InChI is InChI=1S/C15H26N4O3S/c1-11(9-19-13(3)7-12(2)17-19)8-16-15(20)18(4)14-5-6-23(21,22)10-14/h7,11,14H,5-6,8-10H2,1-4H3,(H,16,20). The van der Waals surface area contributed by atoms with Gasteiger partial charge in [0.05, 0.1) is 17.2 Å². The lowest BCUT2D eigenvalue weighted by molar-refractivity contribution is 0.193. The molecule has 8 heteroatoms. The van der Waals surface area contributed by atoms with Gasteiger partial charge in [0, 0.05) is 31.9 Å². The van der Waals surface area contributed by atoms with Crippen molar-refractivity contribution in [3.63, 3.8) is 0 Å². The van der Waals surface area contributed by atoms with E-state index in [2.05, 4.69) is 17.3 Å². The Morgan fingerprint density at radius 1 is 1.52 bits per heavy atom. The first-order chi connectivity index (χ1) is 10.7. The Hall–Kier alpha value is -1.57. The maximum absolute atomic E-state index is 12.2. The quantitative estimate of drug-likeness (QED) is 0.864. The van der Waals surface area contributed by atoms with Gasteiger partial charge in [0.1, 0.15) is 0 Å². The number of hydrogen-bond donors (Lipinski definition) is 1. The van der Waals surface area contributed by atoms with Crippen molar-refractivity contribution in [1.82, 2.24) is 20.0 Å². The molecule has 130 valence electrons. The normalized spacial score (nSPS) is 21.1. The third-order valence-corrected chi connectivity index (χ3v) is 6.02. The predicted molar refractivity (Wildman–Crippen MR) is 89.1 cm³/mol. The molecule has 1 N–H and O–H groups in total. The van der Waals surface area contributed by atoms with Gasteiger partial charge in [-0.1, -0.05) is 6.92 Å². The SMILES string of the molecule is Cc1cc(C)n(CC(C)CNC(=O)N(C)C2CCS(=O)(=O)C2)n1. The Kier molecular flexibility index (Phi) is 5.33. The molecule has 2 atom stereocenters. The maximum atomic E-state index is 12.2. The van der Waals surface area contributed by atoms with Crippen LogP contribution in [0.2, 0.25) is 0 Å². The van der Waals surface area contributed by atoms with Gasteiger partial charge in [0.2, 0.25) is 0 Å². The van der Waals surface area contributed by atoms with E-state index in [-0.39, 0.29) is 29.5 Å². The number of amides is 2. The Balaban J connectivity index is 1.80. The Morgan fingerprint density at radius 2 is 2.22 bits per heavy atom. The van der Waals surface area contributed by atoms with Gasteiger partial charge in [-0.2, -0.15) is 5.10 Å². The Labute approximate surface area is 138 Å². The summed E-state index contributed by atoms with van der Waals surface area (Å²) in [5.74, 6) is 0.472. The molecule has 0 spiro atoms. The molecule has 0 aromatic carbocycles. The minimum Gasteiger partial charge on any atom is -0.338 e. The van der Waals surface area contributed by atoms with Gasteiger partial charge in [-0.25, -0.2) is 13.2 Å². The summed E-state index contributed by atoms with van der Waals surface area (Å²) in [6, 6.07) is 1.60. The van der Waals surface area contributed by atoms with Crippen molar-refractivity contribution in [2.24, 2.45) is 5.92 Å². The van der Waals surface area contributed by atoms with Crippen molar-refractivity contribution in [2.45, 2.75) is 39.8 Å². The number of urea groups is 1.